The highest BCUT2D eigenvalue weighted by atomic mass is 16.5. The quantitative estimate of drug-likeness (QED) is 0.848. The van der Waals surface area contributed by atoms with E-state index in [4.69, 9.17) is 4.74 Å². The molecule has 0 aliphatic carbocycles. The number of benzene rings is 1. The molecule has 2 rings (SSSR count). The zero-order chi connectivity index (χ0) is 13.5. The van der Waals surface area contributed by atoms with Crippen LogP contribution >= 0.6 is 0 Å². The zero-order valence-corrected chi connectivity index (χ0v) is 11.4. The molecule has 1 amide bonds. The number of nitrogens with one attached hydrogen (secondary N) is 2. The fraction of sp³-hybridized carbons (Fsp3) is 0.533. The van der Waals surface area contributed by atoms with Gasteiger partial charge in [-0.1, -0.05) is 12.1 Å². The van der Waals surface area contributed by atoms with Crippen LogP contribution in [0.3, 0.4) is 0 Å². The summed E-state index contributed by atoms with van der Waals surface area (Å²) in [7, 11) is 0. The van der Waals surface area contributed by atoms with Crippen LogP contribution in [0.5, 0.6) is 5.75 Å². The third-order valence-corrected chi connectivity index (χ3v) is 3.25. The molecule has 0 spiro atoms. The molecule has 1 atom stereocenters. The second-order valence-corrected chi connectivity index (χ2v) is 5.03. The average Bonchev–Trinajstić information content (AvgIpc) is 2.40. The Hall–Kier alpha value is -1.55. The number of piperidine rings is 1. The summed E-state index contributed by atoms with van der Waals surface area (Å²) in [5.41, 5.74) is 1.16. The zero-order valence-electron chi connectivity index (χ0n) is 11.4. The molecule has 104 valence electrons. The highest BCUT2D eigenvalue weighted by molar-refractivity contribution is 5.76. The summed E-state index contributed by atoms with van der Waals surface area (Å²) in [5.74, 6) is 0.897. The van der Waals surface area contributed by atoms with E-state index in [0.29, 0.717) is 13.0 Å². The number of rotatable bonds is 5. The fourth-order valence-corrected chi connectivity index (χ4v) is 2.24. The van der Waals surface area contributed by atoms with Crippen LogP contribution in [0, 0.1) is 6.92 Å². The molecule has 1 aromatic rings. The van der Waals surface area contributed by atoms with Crippen molar-refractivity contribution in [1.29, 1.82) is 0 Å². The molecule has 1 aromatic carbocycles. The van der Waals surface area contributed by atoms with E-state index in [1.807, 2.05) is 31.2 Å². The Labute approximate surface area is 114 Å². The van der Waals surface area contributed by atoms with Gasteiger partial charge in [0.1, 0.15) is 5.75 Å². The monoisotopic (exact) mass is 262 g/mol. The van der Waals surface area contributed by atoms with Crippen molar-refractivity contribution >= 4 is 5.91 Å². The molecule has 2 N–H and O–H groups in total. The highest BCUT2D eigenvalue weighted by Gasteiger charge is 2.14. The molecule has 4 nitrogen and oxygen atoms in total. The minimum absolute atomic E-state index is 0.0707. The van der Waals surface area contributed by atoms with Gasteiger partial charge in [-0.25, -0.2) is 0 Å². The van der Waals surface area contributed by atoms with Crippen LogP contribution in [0.15, 0.2) is 24.3 Å². The van der Waals surface area contributed by atoms with Crippen molar-refractivity contribution < 1.29 is 9.53 Å². The van der Waals surface area contributed by atoms with Gasteiger partial charge < -0.3 is 15.4 Å². The van der Waals surface area contributed by atoms with Gasteiger partial charge in [-0.3, -0.25) is 4.79 Å². The molecule has 19 heavy (non-hydrogen) atoms. The first-order valence-corrected chi connectivity index (χ1v) is 6.93. The minimum atomic E-state index is 0.0707. The van der Waals surface area contributed by atoms with E-state index in [0.717, 1.165) is 37.2 Å². The second kappa shape index (κ2) is 7.14. The van der Waals surface area contributed by atoms with Crippen molar-refractivity contribution in [1.82, 2.24) is 10.6 Å². The van der Waals surface area contributed by atoms with Crippen molar-refractivity contribution in [3.63, 3.8) is 0 Å². The molecule has 0 bridgehead atoms. The van der Waals surface area contributed by atoms with Gasteiger partial charge in [0, 0.05) is 12.6 Å². The SMILES string of the molecule is Cc1cccc(OCCC(=O)N[C@@H]2CCCNC2)c1. The Morgan fingerprint density at radius 3 is 3.16 bits per heavy atom. The average molecular weight is 262 g/mol. The first-order chi connectivity index (χ1) is 9.24. The summed E-state index contributed by atoms with van der Waals surface area (Å²) in [4.78, 5) is 11.7. The molecule has 0 unspecified atom stereocenters. The molecule has 0 saturated carbocycles. The Morgan fingerprint density at radius 2 is 2.42 bits per heavy atom. The molecule has 1 saturated heterocycles. The lowest BCUT2D eigenvalue weighted by Crippen LogP contribution is -2.45. The van der Waals surface area contributed by atoms with Gasteiger partial charge in [-0.05, 0) is 44.0 Å². The lowest BCUT2D eigenvalue weighted by atomic mass is 10.1. The van der Waals surface area contributed by atoms with Crippen molar-refractivity contribution in [2.45, 2.75) is 32.2 Å². The number of hydrogen-bond acceptors (Lipinski definition) is 3. The number of amides is 1. The molecule has 4 heteroatoms. The van der Waals surface area contributed by atoms with E-state index in [1.54, 1.807) is 0 Å². The maximum Gasteiger partial charge on any atom is 0.223 e. The summed E-state index contributed by atoms with van der Waals surface area (Å²) >= 11 is 0. The van der Waals surface area contributed by atoms with Crippen LogP contribution < -0.4 is 15.4 Å². The molecule has 1 aliphatic rings. The van der Waals surface area contributed by atoms with Crippen molar-refractivity contribution in [2.24, 2.45) is 0 Å². The van der Waals surface area contributed by atoms with Crippen molar-refractivity contribution in [3.8, 4) is 5.75 Å². The Balaban J connectivity index is 1.66. The van der Waals surface area contributed by atoms with E-state index >= 15 is 0 Å². The third-order valence-electron chi connectivity index (χ3n) is 3.25. The minimum Gasteiger partial charge on any atom is -0.493 e. The largest absolute Gasteiger partial charge is 0.493 e. The van der Waals surface area contributed by atoms with Crippen LogP contribution in [-0.4, -0.2) is 31.6 Å². The normalized spacial score (nSPS) is 18.9. The van der Waals surface area contributed by atoms with E-state index in [-0.39, 0.29) is 11.9 Å². The molecule has 0 radical (unpaired) electrons. The highest BCUT2D eigenvalue weighted by Crippen LogP contribution is 2.12. The summed E-state index contributed by atoms with van der Waals surface area (Å²) in [6.07, 6.45) is 2.60. The molecular formula is C15H22N2O2. The summed E-state index contributed by atoms with van der Waals surface area (Å²) in [5, 5.41) is 6.32. The number of hydrogen-bond donors (Lipinski definition) is 2. The molecular weight excluding hydrogens is 240 g/mol. The Morgan fingerprint density at radius 1 is 1.53 bits per heavy atom. The van der Waals surface area contributed by atoms with Gasteiger partial charge in [-0.2, -0.15) is 0 Å². The van der Waals surface area contributed by atoms with Gasteiger partial charge in [0.15, 0.2) is 0 Å². The summed E-state index contributed by atoms with van der Waals surface area (Å²) < 4.78 is 5.57. The lowest BCUT2D eigenvalue weighted by Gasteiger charge is -2.23. The summed E-state index contributed by atoms with van der Waals surface area (Å²) in [6, 6.07) is 8.15. The lowest BCUT2D eigenvalue weighted by molar-refractivity contribution is -0.122. The summed E-state index contributed by atoms with van der Waals surface area (Å²) in [6.45, 7) is 4.39. The van der Waals surface area contributed by atoms with Crippen LogP contribution in [0.25, 0.3) is 0 Å². The van der Waals surface area contributed by atoms with Gasteiger partial charge in [0.05, 0.1) is 13.0 Å². The smallest absolute Gasteiger partial charge is 0.223 e. The third kappa shape index (κ3) is 4.91. The van der Waals surface area contributed by atoms with Crippen LogP contribution in [0.4, 0.5) is 0 Å². The molecule has 0 aromatic heterocycles. The van der Waals surface area contributed by atoms with Gasteiger partial charge in [0.25, 0.3) is 0 Å². The van der Waals surface area contributed by atoms with Crippen LogP contribution in [0.1, 0.15) is 24.8 Å². The Bertz CT molecular complexity index is 414. The standard InChI is InChI=1S/C15H22N2O2/c1-12-4-2-6-14(10-12)19-9-7-15(18)17-13-5-3-8-16-11-13/h2,4,6,10,13,16H,3,5,7-9,11H2,1H3,(H,17,18)/t13-/m1/s1. The molecule has 1 fully saturated rings. The molecule has 1 heterocycles. The first-order valence-electron chi connectivity index (χ1n) is 6.93. The molecule has 1 aliphatic heterocycles. The van der Waals surface area contributed by atoms with Gasteiger partial charge in [0.2, 0.25) is 5.91 Å². The van der Waals surface area contributed by atoms with Crippen LogP contribution in [-0.2, 0) is 4.79 Å². The van der Waals surface area contributed by atoms with Crippen molar-refractivity contribution in [2.75, 3.05) is 19.7 Å². The van der Waals surface area contributed by atoms with Crippen molar-refractivity contribution in [3.05, 3.63) is 29.8 Å². The Kier molecular flexibility index (Phi) is 5.21. The number of carbonyl (C=O) groups excluding carboxylic acids is 1. The van der Waals surface area contributed by atoms with E-state index in [9.17, 15) is 4.79 Å². The van der Waals surface area contributed by atoms with E-state index < -0.39 is 0 Å². The first kappa shape index (κ1) is 13.9. The maximum atomic E-state index is 11.7. The fourth-order valence-electron chi connectivity index (χ4n) is 2.24. The van der Waals surface area contributed by atoms with E-state index in [1.165, 1.54) is 0 Å². The predicted molar refractivity (Wildman–Crippen MR) is 75.3 cm³/mol. The van der Waals surface area contributed by atoms with E-state index in [2.05, 4.69) is 10.6 Å². The number of aryl methyl sites for hydroxylation is 1. The predicted octanol–water partition coefficient (Wildman–Crippen LogP) is 1.63. The van der Waals surface area contributed by atoms with Gasteiger partial charge in [-0.15, -0.1) is 0 Å². The second-order valence-electron chi connectivity index (χ2n) is 5.03. The number of carbonyl (C=O) groups is 1. The van der Waals surface area contributed by atoms with Gasteiger partial charge >= 0.3 is 0 Å². The van der Waals surface area contributed by atoms with Crippen LogP contribution in [0.2, 0.25) is 0 Å². The number of ether oxygens (including phenoxy) is 1. The topological polar surface area (TPSA) is 50.4 Å². The maximum absolute atomic E-state index is 11.7.